The fourth-order valence-electron chi connectivity index (χ4n) is 4.36. The molecule has 0 saturated heterocycles. The Balaban J connectivity index is 2.17. The minimum atomic E-state index is -0.885. The number of nitrogens with zero attached hydrogens (tertiary/aromatic N) is 1. The molecule has 2 atom stereocenters. The molecule has 5 nitrogen and oxygen atoms in total. The van der Waals surface area contributed by atoms with E-state index in [0.717, 1.165) is 0 Å². The molecule has 0 aliphatic heterocycles. The second-order valence-corrected chi connectivity index (χ2v) is 9.24. The predicted molar refractivity (Wildman–Crippen MR) is 102 cm³/mol. The van der Waals surface area contributed by atoms with Crippen LogP contribution in [0.25, 0.3) is 0 Å². The van der Waals surface area contributed by atoms with Gasteiger partial charge >= 0.3 is 0 Å². The van der Waals surface area contributed by atoms with Crippen molar-refractivity contribution >= 4 is 11.6 Å². The number of allylic oxidation sites excluding steroid dienone is 4. The minimum absolute atomic E-state index is 0.00976. The van der Waals surface area contributed by atoms with Gasteiger partial charge in [-0.1, -0.05) is 33.8 Å². The summed E-state index contributed by atoms with van der Waals surface area (Å²) in [4.78, 5) is 30.1. The zero-order chi connectivity index (χ0) is 20.0. The molecule has 0 radical (unpaired) electrons. The number of carbonyl (C=O) groups excluding carboxylic acids is 2. The number of hydrogen-bond acceptors (Lipinski definition) is 5. The molecule has 0 bridgehead atoms. The summed E-state index contributed by atoms with van der Waals surface area (Å²) in [6, 6.07) is 3.51. The van der Waals surface area contributed by atoms with Crippen molar-refractivity contribution < 1.29 is 19.8 Å². The molecule has 1 aromatic rings. The number of aliphatic hydroxyl groups is 2. The van der Waals surface area contributed by atoms with Gasteiger partial charge in [0, 0.05) is 43.1 Å². The molecular formula is C22H27NO4. The van der Waals surface area contributed by atoms with Crippen LogP contribution in [0.15, 0.2) is 47.7 Å². The van der Waals surface area contributed by atoms with Crippen molar-refractivity contribution in [1.29, 1.82) is 0 Å². The summed E-state index contributed by atoms with van der Waals surface area (Å²) in [5.74, 6) is -1.96. The number of aliphatic hydroxyl groups excluding tert-OH is 2. The van der Waals surface area contributed by atoms with Gasteiger partial charge in [0.1, 0.15) is 17.3 Å². The Bertz CT molecular complexity index is 833. The Morgan fingerprint density at radius 1 is 1.11 bits per heavy atom. The largest absolute Gasteiger partial charge is 0.512 e. The van der Waals surface area contributed by atoms with Crippen LogP contribution in [0, 0.1) is 16.7 Å². The van der Waals surface area contributed by atoms with E-state index < -0.39 is 17.3 Å². The molecular weight excluding hydrogens is 342 g/mol. The van der Waals surface area contributed by atoms with E-state index in [4.69, 9.17) is 0 Å². The van der Waals surface area contributed by atoms with Gasteiger partial charge in [-0.25, -0.2) is 0 Å². The third-order valence-corrected chi connectivity index (χ3v) is 5.42. The third kappa shape index (κ3) is 3.82. The first-order chi connectivity index (χ1) is 12.5. The molecule has 3 rings (SSSR count). The topological polar surface area (TPSA) is 87.5 Å². The van der Waals surface area contributed by atoms with Gasteiger partial charge in [-0.2, -0.15) is 0 Å². The summed E-state index contributed by atoms with van der Waals surface area (Å²) < 4.78 is 0. The number of ketones is 2. The van der Waals surface area contributed by atoms with Crippen molar-refractivity contribution in [1.82, 2.24) is 4.98 Å². The highest BCUT2D eigenvalue weighted by atomic mass is 16.3. The predicted octanol–water partition coefficient (Wildman–Crippen LogP) is 4.42. The lowest BCUT2D eigenvalue weighted by molar-refractivity contribution is -0.125. The highest BCUT2D eigenvalue weighted by Crippen LogP contribution is 2.47. The van der Waals surface area contributed by atoms with Crippen LogP contribution in [0.3, 0.4) is 0 Å². The van der Waals surface area contributed by atoms with Gasteiger partial charge in [-0.3, -0.25) is 14.6 Å². The molecule has 0 fully saturated rings. The molecule has 27 heavy (non-hydrogen) atoms. The average Bonchev–Trinajstić information content (AvgIpc) is 2.50. The molecule has 2 N–H and O–H groups in total. The van der Waals surface area contributed by atoms with E-state index in [1.165, 1.54) is 0 Å². The Morgan fingerprint density at radius 3 is 2.37 bits per heavy atom. The Kier molecular flexibility index (Phi) is 4.74. The second kappa shape index (κ2) is 6.63. The Labute approximate surface area is 159 Å². The van der Waals surface area contributed by atoms with Crippen LogP contribution in [0.4, 0.5) is 0 Å². The van der Waals surface area contributed by atoms with E-state index in [2.05, 4.69) is 4.98 Å². The van der Waals surface area contributed by atoms with Crippen LogP contribution >= 0.6 is 0 Å². The number of carbonyl (C=O) groups is 2. The van der Waals surface area contributed by atoms with E-state index in [1.807, 2.05) is 27.7 Å². The fourth-order valence-corrected chi connectivity index (χ4v) is 4.36. The second-order valence-electron chi connectivity index (χ2n) is 9.24. The van der Waals surface area contributed by atoms with Crippen molar-refractivity contribution in [3.63, 3.8) is 0 Å². The summed E-state index contributed by atoms with van der Waals surface area (Å²) in [7, 11) is 0. The van der Waals surface area contributed by atoms with Gasteiger partial charge in [0.15, 0.2) is 5.78 Å². The smallest absolute Gasteiger partial charge is 0.163 e. The molecule has 2 aliphatic rings. The molecule has 2 unspecified atom stereocenters. The van der Waals surface area contributed by atoms with E-state index in [1.54, 1.807) is 30.6 Å². The molecule has 0 amide bonds. The van der Waals surface area contributed by atoms with Crippen molar-refractivity contribution in [2.75, 3.05) is 0 Å². The van der Waals surface area contributed by atoms with Gasteiger partial charge in [0.05, 0.1) is 5.92 Å². The molecule has 0 spiro atoms. The molecule has 1 aromatic heterocycles. The molecule has 2 aliphatic carbocycles. The molecule has 0 saturated carbocycles. The SMILES string of the molecule is CC1(C)C=C(O)C(C(C2=C(O)CC(C)(C)CC2=O)c2cccnc2)C(=O)C1. The van der Waals surface area contributed by atoms with E-state index >= 15 is 0 Å². The maximum absolute atomic E-state index is 13.0. The van der Waals surface area contributed by atoms with E-state index in [0.29, 0.717) is 18.4 Å². The van der Waals surface area contributed by atoms with Crippen LogP contribution < -0.4 is 0 Å². The molecule has 5 heteroatoms. The number of pyridine rings is 1. The third-order valence-electron chi connectivity index (χ3n) is 5.42. The normalized spacial score (nSPS) is 25.9. The minimum Gasteiger partial charge on any atom is -0.512 e. The highest BCUT2D eigenvalue weighted by molar-refractivity contribution is 6.00. The highest BCUT2D eigenvalue weighted by Gasteiger charge is 2.46. The van der Waals surface area contributed by atoms with Crippen LogP contribution in [0.1, 0.15) is 58.4 Å². The maximum atomic E-state index is 13.0. The quantitative estimate of drug-likeness (QED) is 0.823. The summed E-state index contributed by atoms with van der Waals surface area (Å²) in [6.45, 7) is 7.65. The van der Waals surface area contributed by atoms with Crippen LogP contribution in [-0.4, -0.2) is 26.8 Å². The first-order valence-electron chi connectivity index (χ1n) is 9.30. The standard InChI is InChI=1S/C22H27NO4/c1-21(2)8-14(24)19(15(25)9-21)18(13-6-5-7-23-12-13)20-16(26)10-22(3,4)11-17(20)27/h5-8,12,18-19,24,26H,9-11H2,1-4H3. The molecule has 144 valence electrons. The summed E-state index contributed by atoms with van der Waals surface area (Å²) in [5.41, 5.74) is 0.109. The number of Topliss-reactive ketones (excluding diaryl/α,β-unsaturated/α-hetero) is 2. The monoisotopic (exact) mass is 369 g/mol. The Morgan fingerprint density at radius 2 is 1.81 bits per heavy atom. The van der Waals surface area contributed by atoms with Gasteiger partial charge in [0.2, 0.25) is 0 Å². The summed E-state index contributed by atoms with van der Waals surface area (Å²) in [6.07, 6.45) is 5.83. The molecule has 1 heterocycles. The fraction of sp³-hybridized carbons (Fsp3) is 0.500. The van der Waals surface area contributed by atoms with E-state index in [-0.39, 0.29) is 40.5 Å². The lowest BCUT2D eigenvalue weighted by Crippen LogP contribution is -2.37. The van der Waals surface area contributed by atoms with Crippen molar-refractivity contribution in [2.45, 2.75) is 52.9 Å². The zero-order valence-electron chi connectivity index (χ0n) is 16.3. The van der Waals surface area contributed by atoms with Crippen molar-refractivity contribution in [3.05, 3.63) is 53.3 Å². The van der Waals surface area contributed by atoms with E-state index in [9.17, 15) is 19.8 Å². The van der Waals surface area contributed by atoms with Crippen LogP contribution in [0.5, 0.6) is 0 Å². The lowest BCUT2D eigenvalue weighted by atomic mass is 9.65. The zero-order valence-corrected chi connectivity index (χ0v) is 16.3. The van der Waals surface area contributed by atoms with Gasteiger partial charge in [-0.15, -0.1) is 0 Å². The van der Waals surface area contributed by atoms with Crippen molar-refractivity contribution in [3.8, 4) is 0 Å². The summed E-state index contributed by atoms with van der Waals surface area (Å²) >= 11 is 0. The first kappa shape index (κ1) is 19.3. The Hall–Kier alpha value is -2.43. The maximum Gasteiger partial charge on any atom is 0.163 e. The number of aromatic nitrogens is 1. The van der Waals surface area contributed by atoms with Gasteiger partial charge < -0.3 is 10.2 Å². The number of rotatable bonds is 3. The van der Waals surface area contributed by atoms with Crippen LogP contribution in [-0.2, 0) is 9.59 Å². The molecule has 0 aromatic carbocycles. The lowest BCUT2D eigenvalue weighted by Gasteiger charge is -2.38. The number of hydrogen-bond donors (Lipinski definition) is 2. The van der Waals surface area contributed by atoms with Gasteiger partial charge in [-0.05, 0) is 28.5 Å². The van der Waals surface area contributed by atoms with Gasteiger partial charge in [0.25, 0.3) is 0 Å². The van der Waals surface area contributed by atoms with Crippen molar-refractivity contribution in [2.24, 2.45) is 16.7 Å². The average molecular weight is 369 g/mol. The van der Waals surface area contributed by atoms with Crippen LogP contribution in [0.2, 0.25) is 0 Å². The summed E-state index contributed by atoms with van der Waals surface area (Å²) in [5, 5.41) is 21.5. The first-order valence-corrected chi connectivity index (χ1v) is 9.30.